The van der Waals surface area contributed by atoms with Crippen LogP contribution in [-0.2, 0) is 9.53 Å². The summed E-state index contributed by atoms with van der Waals surface area (Å²) >= 11 is 0. The largest absolute Gasteiger partial charge is 0.452 e. The van der Waals surface area contributed by atoms with Gasteiger partial charge < -0.3 is 14.5 Å². The van der Waals surface area contributed by atoms with E-state index in [9.17, 15) is 19.7 Å². The molecule has 8 heteroatoms. The molecule has 29 heavy (non-hydrogen) atoms. The topological polar surface area (TPSA) is 93.0 Å². The van der Waals surface area contributed by atoms with Crippen molar-refractivity contribution in [2.75, 3.05) is 37.7 Å². The van der Waals surface area contributed by atoms with Crippen molar-refractivity contribution < 1.29 is 19.2 Å². The highest BCUT2D eigenvalue weighted by atomic mass is 16.6. The molecule has 0 aliphatic carbocycles. The number of carbonyl (C=O) groups excluding carboxylic acids is 2. The van der Waals surface area contributed by atoms with Crippen LogP contribution in [0.25, 0.3) is 0 Å². The van der Waals surface area contributed by atoms with E-state index in [-0.39, 0.29) is 23.8 Å². The lowest BCUT2D eigenvalue weighted by atomic mass is 9.99. The highest BCUT2D eigenvalue weighted by Gasteiger charge is 2.25. The van der Waals surface area contributed by atoms with Gasteiger partial charge in [0.15, 0.2) is 6.61 Å². The number of hydrogen-bond acceptors (Lipinski definition) is 6. The molecule has 0 atom stereocenters. The van der Waals surface area contributed by atoms with Crippen molar-refractivity contribution in [2.45, 2.75) is 45.4 Å². The second kappa shape index (κ2) is 9.71. The van der Waals surface area contributed by atoms with Crippen LogP contribution in [-0.4, -0.2) is 54.5 Å². The third-order valence-corrected chi connectivity index (χ3v) is 5.82. The van der Waals surface area contributed by atoms with Crippen molar-refractivity contribution >= 4 is 23.3 Å². The Balaban J connectivity index is 1.65. The first-order chi connectivity index (χ1) is 14.0. The number of nitro benzene ring substituents is 1. The number of carbonyl (C=O) groups is 2. The van der Waals surface area contributed by atoms with Crippen LogP contribution in [0.2, 0.25) is 0 Å². The maximum atomic E-state index is 12.4. The van der Waals surface area contributed by atoms with Crippen LogP contribution in [0.1, 0.15) is 55.8 Å². The molecule has 8 nitrogen and oxygen atoms in total. The third-order valence-electron chi connectivity index (χ3n) is 5.82. The van der Waals surface area contributed by atoms with E-state index in [1.54, 1.807) is 17.0 Å². The van der Waals surface area contributed by atoms with Crippen LogP contribution in [0.3, 0.4) is 0 Å². The molecule has 3 rings (SSSR count). The van der Waals surface area contributed by atoms with Gasteiger partial charge in [0, 0.05) is 32.2 Å². The van der Waals surface area contributed by atoms with Gasteiger partial charge in [-0.1, -0.05) is 19.8 Å². The van der Waals surface area contributed by atoms with Crippen molar-refractivity contribution in [3.63, 3.8) is 0 Å². The molecule has 2 aliphatic heterocycles. The summed E-state index contributed by atoms with van der Waals surface area (Å²) in [7, 11) is 0. The van der Waals surface area contributed by atoms with Gasteiger partial charge >= 0.3 is 5.97 Å². The molecular formula is C21H29N3O5. The zero-order valence-corrected chi connectivity index (χ0v) is 17.0. The van der Waals surface area contributed by atoms with Crippen LogP contribution >= 0.6 is 0 Å². The van der Waals surface area contributed by atoms with Crippen molar-refractivity contribution in [1.82, 2.24) is 4.90 Å². The van der Waals surface area contributed by atoms with Crippen LogP contribution in [0.4, 0.5) is 11.4 Å². The first-order valence-corrected chi connectivity index (χ1v) is 10.4. The first-order valence-electron chi connectivity index (χ1n) is 10.4. The Kier molecular flexibility index (Phi) is 7.06. The fourth-order valence-electron chi connectivity index (χ4n) is 3.94. The van der Waals surface area contributed by atoms with E-state index >= 15 is 0 Å². The number of esters is 1. The van der Waals surface area contributed by atoms with E-state index in [0.29, 0.717) is 24.7 Å². The second-order valence-corrected chi connectivity index (χ2v) is 8.00. The lowest BCUT2D eigenvalue weighted by Crippen LogP contribution is -2.40. The maximum absolute atomic E-state index is 12.4. The first kappa shape index (κ1) is 21.1. The number of piperidine rings is 1. The number of ether oxygens (including phenoxy) is 1. The summed E-state index contributed by atoms with van der Waals surface area (Å²) in [6.45, 7) is 4.71. The smallest absolute Gasteiger partial charge is 0.338 e. The van der Waals surface area contributed by atoms with Crippen LogP contribution in [0, 0.1) is 16.0 Å². The number of nitrogens with zero attached hydrogens (tertiary/aromatic N) is 3. The molecule has 158 valence electrons. The Hall–Kier alpha value is -2.64. The standard InChI is InChI=1S/C21H29N3O5/c1-16-8-12-23(13-9-16)20(25)15-29-21(26)17-6-7-18(19(14-17)24(27)28)22-10-4-2-3-5-11-22/h6-7,14,16H,2-5,8-13,15H2,1H3. The molecular weight excluding hydrogens is 374 g/mol. The van der Waals surface area contributed by atoms with Gasteiger partial charge in [0.2, 0.25) is 0 Å². The zero-order chi connectivity index (χ0) is 20.8. The summed E-state index contributed by atoms with van der Waals surface area (Å²) < 4.78 is 5.14. The number of anilines is 1. The normalized spacial score (nSPS) is 18.2. The summed E-state index contributed by atoms with van der Waals surface area (Å²) in [6, 6.07) is 4.42. The van der Waals surface area contributed by atoms with E-state index in [4.69, 9.17) is 4.74 Å². The van der Waals surface area contributed by atoms with Crippen LogP contribution < -0.4 is 4.90 Å². The molecule has 2 aliphatic rings. The van der Waals surface area contributed by atoms with E-state index in [2.05, 4.69) is 6.92 Å². The SMILES string of the molecule is CC1CCN(C(=O)COC(=O)c2ccc(N3CCCCCC3)c([N+](=O)[O-])c2)CC1. The van der Waals surface area contributed by atoms with E-state index < -0.39 is 10.9 Å². The molecule has 0 spiro atoms. The van der Waals surface area contributed by atoms with Gasteiger partial charge in [-0.05, 0) is 43.7 Å². The van der Waals surface area contributed by atoms with E-state index in [1.165, 1.54) is 6.07 Å². The quantitative estimate of drug-likeness (QED) is 0.425. The summed E-state index contributed by atoms with van der Waals surface area (Å²) in [4.78, 5) is 39.5. The Morgan fingerprint density at radius 1 is 1.10 bits per heavy atom. The van der Waals surface area contributed by atoms with Gasteiger partial charge in [0.1, 0.15) is 5.69 Å². The molecule has 0 radical (unpaired) electrons. The van der Waals surface area contributed by atoms with Gasteiger partial charge in [0.05, 0.1) is 10.5 Å². The number of benzene rings is 1. The second-order valence-electron chi connectivity index (χ2n) is 8.00. The summed E-state index contributed by atoms with van der Waals surface area (Å²) in [5, 5.41) is 11.6. The molecule has 0 saturated carbocycles. The molecule has 2 heterocycles. The molecule has 2 saturated heterocycles. The summed E-state index contributed by atoms with van der Waals surface area (Å²) in [5.74, 6) is -0.333. The molecule has 1 amide bonds. The van der Waals surface area contributed by atoms with Gasteiger partial charge in [-0.3, -0.25) is 14.9 Å². The summed E-state index contributed by atoms with van der Waals surface area (Å²) in [6.07, 6.45) is 6.14. The minimum Gasteiger partial charge on any atom is -0.452 e. The van der Waals surface area contributed by atoms with Gasteiger partial charge in [0.25, 0.3) is 11.6 Å². The molecule has 0 unspecified atom stereocenters. The lowest BCUT2D eigenvalue weighted by Gasteiger charge is -2.30. The van der Waals surface area contributed by atoms with Gasteiger partial charge in [-0.2, -0.15) is 0 Å². The minimum absolute atomic E-state index is 0.0929. The molecule has 0 N–H and O–H groups in total. The minimum atomic E-state index is -0.714. The number of amides is 1. The van der Waals surface area contributed by atoms with Crippen LogP contribution in [0.15, 0.2) is 18.2 Å². The Bertz CT molecular complexity index is 751. The fourth-order valence-corrected chi connectivity index (χ4v) is 3.94. The van der Waals surface area contributed by atoms with E-state index in [0.717, 1.165) is 51.6 Å². The predicted molar refractivity (Wildman–Crippen MR) is 109 cm³/mol. The number of likely N-dealkylation sites (tertiary alicyclic amines) is 1. The fraction of sp³-hybridized carbons (Fsp3) is 0.619. The van der Waals surface area contributed by atoms with Crippen molar-refractivity contribution in [2.24, 2.45) is 5.92 Å². The monoisotopic (exact) mass is 403 g/mol. The summed E-state index contributed by atoms with van der Waals surface area (Å²) in [5.41, 5.74) is 0.528. The maximum Gasteiger partial charge on any atom is 0.338 e. The highest BCUT2D eigenvalue weighted by molar-refractivity contribution is 5.93. The van der Waals surface area contributed by atoms with Gasteiger partial charge in [-0.15, -0.1) is 0 Å². The average Bonchev–Trinajstić information content (AvgIpc) is 3.01. The lowest BCUT2D eigenvalue weighted by molar-refractivity contribution is -0.384. The number of rotatable bonds is 5. The zero-order valence-electron chi connectivity index (χ0n) is 17.0. The molecule has 0 bridgehead atoms. The van der Waals surface area contributed by atoms with Crippen molar-refractivity contribution in [1.29, 1.82) is 0 Å². The highest BCUT2D eigenvalue weighted by Crippen LogP contribution is 2.31. The van der Waals surface area contributed by atoms with Crippen molar-refractivity contribution in [3.8, 4) is 0 Å². The molecule has 1 aromatic carbocycles. The number of hydrogen-bond donors (Lipinski definition) is 0. The van der Waals surface area contributed by atoms with Crippen LogP contribution in [0.5, 0.6) is 0 Å². The number of nitro groups is 1. The average molecular weight is 403 g/mol. The van der Waals surface area contributed by atoms with Gasteiger partial charge in [-0.25, -0.2) is 4.79 Å². The molecule has 2 fully saturated rings. The molecule has 1 aromatic rings. The Morgan fingerprint density at radius 2 is 1.76 bits per heavy atom. The van der Waals surface area contributed by atoms with E-state index in [1.807, 2.05) is 4.90 Å². The molecule has 0 aromatic heterocycles. The Morgan fingerprint density at radius 3 is 2.38 bits per heavy atom. The Labute approximate surface area is 171 Å². The third kappa shape index (κ3) is 5.46. The predicted octanol–water partition coefficient (Wildman–Crippen LogP) is 3.39. The van der Waals surface area contributed by atoms with Crippen molar-refractivity contribution in [3.05, 3.63) is 33.9 Å².